The molecule has 4 rings (SSSR count). The molecule has 0 N–H and O–H groups in total. The minimum absolute atomic E-state index is 0.0866. The fraction of sp³-hybridized carbons (Fsp3) is 0.300. The Morgan fingerprint density at radius 2 is 2.04 bits per heavy atom. The number of likely N-dealkylation sites (tertiary alicyclic amines) is 1. The molecule has 0 unspecified atom stereocenters. The van der Waals surface area contributed by atoms with Crippen molar-refractivity contribution in [1.82, 2.24) is 24.4 Å². The predicted molar refractivity (Wildman–Crippen MR) is 98.6 cm³/mol. The van der Waals surface area contributed by atoms with Crippen molar-refractivity contribution in [2.75, 3.05) is 13.1 Å². The SMILES string of the molecule is Cn1ccnc1-c1cncc([C@H]2CCCN(C(=O)c3ccccc3)C2)n1. The van der Waals surface area contributed by atoms with E-state index >= 15 is 0 Å². The Morgan fingerprint density at radius 1 is 1.19 bits per heavy atom. The van der Waals surface area contributed by atoms with Gasteiger partial charge in [-0.3, -0.25) is 9.78 Å². The van der Waals surface area contributed by atoms with Crippen LogP contribution in [0.2, 0.25) is 0 Å². The van der Waals surface area contributed by atoms with Gasteiger partial charge in [0, 0.05) is 50.2 Å². The molecule has 3 heterocycles. The molecular weight excluding hydrogens is 326 g/mol. The molecule has 0 bridgehead atoms. The summed E-state index contributed by atoms with van der Waals surface area (Å²) in [7, 11) is 1.94. The summed E-state index contributed by atoms with van der Waals surface area (Å²) in [6.45, 7) is 1.46. The molecule has 6 heteroatoms. The minimum atomic E-state index is 0.0866. The Hall–Kier alpha value is -3.02. The number of aryl methyl sites for hydroxylation is 1. The fourth-order valence-corrected chi connectivity index (χ4v) is 3.46. The standard InChI is InChI=1S/C20H21N5O/c1-24-11-9-22-19(24)18-13-21-12-17(23-18)16-8-5-10-25(14-16)20(26)15-6-3-2-4-7-15/h2-4,6-7,9,11-13,16H,5,8,10,14H2,1H3/t16-/m0/s1. The average Bonchev–Trinajstić information content (AvgIpc) is 3.14. The van der Waals surface area contributed by atoms with Crippen molar-refractivity contribution in [3.05, 3.63) is 66.4 Å². The topological polar surface area (TPSA) is 63.9 Å². The van der Waals surface area contributed by atoms with Crippen LogP contribution in [0.5, 0.6) is 0 Å². The minimum Gasteiger partial charge on any atom is -0.338 e. The van der Waals surface area contributed by atoms with E-state index in [4.69, 9.17) is 4.98 Å². The summed E-state index contributed by atoms with van der Waals surface area (Å²) in [5.74, 6) is 1.08. The Bertz CT molecular complexity index is 905. The summed E-state index contributed by atoms with van der Waals surface area (Å²) >= 11 is 0. The first-order chi connectivity index (χ1) is 12.7. The number of rotatable bonds is 3. The van der Waals surface area contributed by atoms with Crippen LogP contribution in [0.25, 0.3) is 11.5 Å². The van der Waals surface area contributed by atoms with Crippen molar-refractivity contribution in [1.29, 1.82) is 0 Å². The first kappa shape index (κ1) is 16.4. The highest BCUT2D eigenvalue weighted by molar-refractivity contribution is 5.94. The van der Waals surface area contributed by atoms with E-state index in [9.17, 15) is 4.79 Å². The second-order valence-corrected chi connectivity index (χ2v) is 6.65. The van der Waals surface area contributed by atoms with Crippen molar-refractivity contribution in [2.45, 2.75) is 18.8 Å². The second kappa shape index (κ2) is 7.07. The quantitative estimate of drug-likeness (QED) is 0.731. The Labute approximate surface area is 152 Å². The molecular formula is C20H21N5O. The highest BCUT2D eigenvalue weighted by Crippen LogP contribution is 2.27. The van der Waals surface area contributed by atoms with Gasteiger partial charge in [-0.15, -0.1) is 0 Å². The van der Waals surface area contributed by atoms with Crippen molar-refractivity contribution in [2.24, 2.45) is 7.05 Å². The first-order valence-electron chi connectivity index (χ1n) is 8.86. The van der Waals surface area contributed by atoms with Gasteiger partial charge in [-0.25, -0.2) is 9.97 Å². The molecule has 1 fully saturated rings. The maximum absolute atomic E-state index is 12.8. The number of amides is 1. The van der Waals surface area contributed by atoms with Crippen LogP contribution in [0.15, 0.2) is 55.1 Å². The van der Waals surface area contributed by atoms with Gasteiger partial charge >= 0.3 is 0 Å². The number of hydrogen-bond donors (Lipinski definition) is 0. The summed E-state index contributed by atoms with van der Waals surface area (Å²) in [5, 5.41) is 0. The van der Waals surface area contributed by atoms with E-state index in [1.54, 1.807) is 12.4 Å². The Kier molecular flexibility index (Phi) is 4.48. The van der Waals surface area contributed by atoms with Crippen LogP contribution in [-0.4, -0.2) is 43.4 Å². The molecule has 26 heavy (non-hydrogen) atoms. The fourth-order valence-electron chi connectivity index (χ4n) is 3.46. The molecule has 1 aromatic carbocycles. The van der Waals surface area contributed by atoms with Gasteiger partial charge < -0.3 is 9.47 Å². The monoisotopic (exact) mass is 347 g/mol. The zero-order valence-electron chi connectivity index (χ0n) is 14.7. The van der Waals surface area contributed by atoms with Crippen molar-refractivity contribution < 1.29 is 4.79 Å². The number of piperidine rings is 1. The molecule has 3 aromatic rings. The van der Waals surface area contributed by atoms with Gasteiger partial charge in [0.05, 0.1) is 11.9 Å². The number of benzene rings is 1. The van der Waals surface area contributed by atoms with Crippen molar-refractivity contribution in [3.63, 3.8) is 0 Å². The van der Waals surface area contributed by atoms with Crippen molar-refractivity contribution >= 4 is 5.91 Å². The van der Waals surface area contributed by atoms with Crippen LogP contribution in [0.4, 0.5) is 0 Å². The van der Waals surface area contributed by atoms with Crippen LogP contribution in [-0.2, 0) is 7.05 Å². The van der Waals surface area contributed by atoms with E-state index < -0.39 is 0 Å². The summed E-state index contributed by atoms with van der Waals surface area (Å²) in [5.41, 5.74) is 2.43. The molecule has 132 valence electrons. The van der Waals surface area contributed by atoms with E-state index in [-0.39, 0.29) is 11.8 Å². The van der Waals surface area contributed by atoms with Gasteiger partial charge in [-0.05, 0) is 25.0 Å². The van der Waals surface area contributed by atoms with Crippen LogP contribution >= 0.6 is 0 Å². The van der Waals surface area contributed by atoms with Crippen molar-refractivity contribution in [3.8, 4) is 11.5 Å². The van der Waals surface area contributed by atoms with E-state index in [0.29, 0.717) is 6.54 Å². The lowest BCUT2D eigenvalue weighted by atomic mass is 9.94. The van der Waals surface area contributed by atoms with Gasteiger partial charge in [0.25, 0.3) is 5.91 Å². The number of carbonyl (C=O) groups is 1. The molecule has 0 spiro atoms. The molecule has 1 atom stereocenters. The third-order valence-corrected chi connectivity index (χ3v) is 4.85. The molecule has 1 aliphatic rings. The van der Waals surface area contributed by atoms with E-state index in [1.807, 2.05) is 59.2 Å². The van der Waals surface area contributed by atoms with Crippen LogP contribution in [0.3, 0.4) is 0 Å². The molecule has 1 saturated heterocycles. The highest BCUT2D eigenvalue weighted by atomic mass is 16.2. The Balaban J connectivity index is 1.55. The number of aromatic nitrogens is 4. The van der Waals surface area contributed by atoms with E-state index in [0.717, 1.165) is 42.2 Å². The second-order valence-electron chi connectivity index (χ2n) is 6.65. The molecule has 6 nitrogen and oxygen atoms in total. The van der Waals surface area contributed by atoms with E-state index in [1.165, 1.54) is 0 Å². The normalized spacial score (nSPS) is 17.3. The van der Waals surface area contributed by atoms with Crippen LogP contribution < -0.4 is 0 Å². The molecule has 2 aromatic heterocycles. The molecule has 0 aliphatic carbocycles. The number of nitrogens with zero attached hydrogens (tertiary/aromatic N) is 5. The van der Waals surface area contributed by atoms with Gasteiger partial charge in [0.1, 0.15) is 5.69 Å². The van der Waals surface area contributed by atoms with Gasteiger partial charge in [-0.1, -0.05) is 18.2 Å². The predicted octanol–water partition coefficient (Wildman–Crippen LogP) is 2.90. The summed E-state index contributed by atoms with van der Waals surface area (Å²) in [6, 6.07) is 9.46. The number of hydrogen-bond acceptors (Lipinski definition) is 4. The number of imidazole rings is 1. The number of carbonyl (C=O) groups excluding carboxylic acids is 1. The van der Waals surface area contributed by atoms with Gasteiger partial charge in [-0.2, -0.15) is 0 Å². The van der Waals surface area contributed by atoms with E-state index in [2.05, 4.69) is 9.97 Å². The highest BCUT2D eigenvalue weighted by Gasteiger charge is 2.26. The maximum Gasteiger partial charge on any atom is 0.253 e. The lowest BCUT2D eigenvalue weighted by Crippen LogP contribution is -2.39. The average molecular weight is 347 g/mol. The Morgan fingerprint density at radius 3 is 2.81 bits per heavy atom. The van der Waals surface area contributed by atoms with Gasteiger partial charge in [0.2, 0.25) is 0 Å². The first-order valence-corrected chi connectivity index (χ1v) is 8.86. The van der Waals surface area contributed by atoms with Gasteiger partial charge in [0.15, 0.2) is 5.82 Å². The summed E-state index contributed by atoms with van der Waals surface area (Å²) in [4.78, 5) is 28.2. The lowest BCUT2D eigenvalue weighted by molar-refractivity contribution is 0.0706. The largest absolute Gasteiger partial charge is 0.338 e. The van der Waals surface area contributed by atoms with Crippen LogP contribution in [0, 0.1) is 0 Å². The molecule has 1 aliphatic heterocycles. The summed E-state index contributed by atoms with van der Waals surface area (Å²) in [6.07, 6.45) is 9.18. The molecule has 1 amide bonds. The maximum atomic E-state index is 12.8. The zero-order chi connectivity index (χ0) is 17.9. The lowest BCUT2D eigenvalue weighted by Gasteiger charge is -2.32. The smallest absolute Gasteiger partial charge is 0.253 e. The zero-order valence-corrected chi connectivity index (χ0v) is 14.7. The summed E-state index contributed by atoms with van der Waals surface area (Å²) < 4.78 is 1.93. The third-order valence-electron chi connectivity index (χ3n) is 4.85. The molecule has 0 saturated carbocycles. The molecule has 0 radical (unpaired) electrons. The third kappa shape index (κ3) is 3.22. The van der Waals surface area contributed by atoms with Crippen LogP contribution in [0.1, 0.15) is 34.8 Å².